The third-order valence-electron chi connectivity index (χ3n) is 4.38. The van der Waals surface area contributed by atoms with Crippen LogP contribution in [0.2, 0.25) is 0 Å². The maximum Gasteiger partial charge on any atom is 0.357 e. The van der Waals surface area contributed by atoms with E-state index in [1.165, 1.54) is 6.07 Å². The van der Waals surface area contributed by atoms with Crippen LogP contribution in [0.1, 0.15) is 32.6 Å². The number of pyridine rings is 1. The topological polar surface area (TPSA) is 65.5 Å². The lowest BCUT2D eigenvalue weighted by Gasteiger charge is -2.07. The number of aromatic nitrogens is 1. The fourth-order valence-electron chi connectivity index (χ4n) is 3.06. The van der Waals surface area contributed by atoms with Crippen molar-refractivity contribution in [2.75, 3.05) is 6.61 Å². The second-order valence-corrected chi connectivity index (χ2v) is 7.26. The summed E-state index contributed by atoms with van der Waals surface area (Å²) < 4.78 is 25.5. The molecule has 0 aliphatic heterocycles. The number of para-hydroxylation sites is 1. The first-order chi connectivity index (χ1) is 14.1. The average molecular weight is 409 g/mol. The molecule has 0 N–H and O–H groups in total. The molecule has 5 nitrogen and oxygen atoms in total. The highest BCUT2D eigenvalue weighted by atomic mass is 32.1. The number of ether oxygens (including phenoxy) is 2. The van der Waals surface area contributed by atoms with Crippen LogP contribution in [-0.2, 0) is 16.1 Å². The average Bonchev–Trinajstić information content (AvgIpc) is 3.12. The van der Waals surface area contributed by atoms with Gasteiger partial charge in [-0.25, -0.2) is 19.0 Å². The molecular formula is C22H16FNO4S. The molecule has 0 bridgehead atoms. The molecule has 0 radical (unpaired) electrons. The Morgan fingerprint density at radius 1 is 1.00 bits per heavy atom. The molecule has 0 unspecified atom stereocenters. The van der Waals surface area contributed by atoms with Gasteiger partial charge in [0.1, 0.15) is 23.0 Å². The number of carbonyl (C=O) groups is 2. The van der Waals surface area contributed by atoms with Gasteiger partial charge in [0.2, 0.25) is 0 Å². The van der Waals surface area contributed by atoms with Crippen molar-refractivity contribution in [3.8, 4) is 0 Å². The zero-order valence-corrected chi connectivity index (χ0v) is 16.3. The predicted octanol–water partition coefficient (Wildman–Crippen LogP) is 5.12. The smallest absolute Gasteiger partial charge is 0.357 e. The molecule has 4 aromatic rings. The molecule has 2 aromatic heterocycles. The lowest BCUT2D eigenvalue weighted by atomic mass is 10.1. The van der Waals surface area contributed by atoms with Crippen molar-refractivity contribution in [2.24, 2.45) is 0 Å². The van der Waals surface area contributed by atoms with E-state index in [9.17, 15) is 14.0 Å². The fourth-order valence-corrected chi connectivity index (χ4v) is 4.17. The van der Waals surface area contributed by atoms with Gasteiger partial charge in [-0.05, 0) is 31.2 Å². The molecule has 2 aromatic carbocycles. The van der Waals surface area contributed by atoms with Crippen LogP contribution in [0.4, 0.5) is 4.39 Å². The van der Waals surface area contributed by atoms with Gasteiger partial charge < -0.3 is 9.47 Å². The van der Waals surface area contributed by atoms with Crippen LogP contribution in [-0.4, -0.2) is 23.5 Å². The SMILES string of the molecule is CCOC(=O)c1sc2cccc(F)c2c1COC(=O)c1ccc2ccccc2n1. The third-order valence-corrected chi connectivity index (χ3v) is 5.56. The minimum Gasteiger partial charge on any atom is -0.462 e. The maximum absolute atomic E-state index is 14.4. The molecule has 0 aliphatic carbocycles. The summed E-state index contributed by atoms with van der Waals surface area (Å²) in [6, 6.07) is 15.3. The number of thiophene rings is 1. The summed E-state index contributed by atoms with van der Waals surface area (Å²) in [4.78, 5) is 29.4. The van der Waals surface area contributed by atoms with Gasteiger partial charge in [0.25, 0.3) is 0 Å². The van der Waals surface area contributed by atoms with Crippen LogP contribution in [0.5, 0.6) is 0 Å². The van der Waals surface area contributed by atoms with E-state index in [1.807, 2.05) is 18.2 Å². The number of halogens is 1. The molecule has 0 aliphatic rings. The first-order valence-corrected chi connectivity index (χ1v) is 9.80. The highest BCUT2D eigenvalue weighted by Gasteiger charge is 2.23. The number of esters is 2. The first kappa shape index (κ1) is 19.0. The second-order valence-electron chi connectivity index (χ2n) is 6.21. The molecule has 29 heavy (non-hydrogen) atoms. The van der Waals surface area contributed by atoms with E-state index >= 15 is 0 Å². The highest BCUT2D eigenvalue weighted by Crippen LogP contribution is 2.34. The van der Waals surface area contributed by atoms with Gasteiger partial charge in [0.15, 0.2) is 0 Å². The summed E-state index contributed by atoms with van der Waals surface area (Å²) >= 11 is 1.11. The van der Waals surface area contributed by atoms with Gasteiger partial charge in [-0.3, -0.25) is 0 Å². The summed E-state index contributed by atoms with van der Waals surface area (Å²) in [6.45, 7) is 1.62. The van der Waals surface area contributed by atoms with Crippen LogP contribution in [0, 0.1) is 5.82 Å². The van der Waals surface area contributed by atoms with Crippen LogP contribution in [0.25, 0.3) is 21.0 Å². The van der Waals surface area contributed by atoms with Gasteiger partial charge >= 0.3 is 11.9 Å². The number of hydrogen-bond acceptors (Lipinski definition) is 6. The Morgan fingerprint density at radius 3 is 2.66 bits per heavy atom. The Morgan fingerprint density at radius 2 is 1.83 bits per heavy atom. The van der Waals surface area contributed by atoms with Crippen LogP contribution in [0.3, 0.4) is 0 Å². The normalized spacial score (nSPS) is 11.0. The van der Waals surface area contributed by atoms with Crippen molar-refractivity contribution >= 4 is 44.3 Å². The number of benzene rings is 2. The minimum absolute atomic E-state index is 0.140. The Hall–Kier alpha value is -3.32. The number of nitrogens with zero attached hydrogens (tertiary/aromatic N) is 1. The largest absolute Gasteiger partial charge is 0.462 e. The first-order valence-electron chi connectivity index (χ1n) is 8.98. The maximum atomic E-state index is 14.4. The van der Waals surface area contributed by atoms with Crippen LogP contribution < -0.4 is 0 Å². The Bertz CT molecular complexity index is 1230. The standard InChI is InChI=1S/C22H16FNO4S/c1-2-27-22(26)20-14(19-15(23)7-5-9-18(19)29-20)12-28-21(25)17-11-10-13-6-3-4-8-16(13)24-17/h3-11H,2,12H2,1H3. The van der Waals surface area contributed by atoms with Gasteiger partial charge in [0, 0.05) is 21.0 Å². The number of fused-ring (bicyclic) bond motifs is 2. The van der Waals surface area contributed by atoms with E-state index in [-0.39, 0.29) is 29.2 Å². The molecule has 0 saturated heterocycles. The minimum atomic E-state index is -0.652. The molecule has 7 heteroatoms. The molecule has 0 atom stereocenters. The summed E-state index contributed by atoms with van der Waals surface area (Å²) in [7, 11) is 0. The fraction of sp³-hybridized carbons (Fsp3) is 0.136. The number of rotatable bonds is 5. The second kappa shape index (κ2) is 7.97. The zero-order chi connectivity index (χ0) is 20.4. The van der Waals surface area contributed by atoms with E-state index < -0.39 is 17.8 Å². The van der Waals surface area contributed by atoms with Crippen LogP contribution in [0.15, 0.2) is 54.6 Å². The molecule has 0 amide bonds. The van der Waals surface area contributed by atoms with E-state index in [0.29, 0.717) is 15.8 Å². The highest BCUT2D eigenvalue weighted by molar-refractivity contribution is 7.21. The van der Waals surface area contributed by atoms with Gasteiger partial charge in [-0.15, -0.1) is 11.3 Å². The Labute approximate surface area is 169 Å². The molecule has 2 heterocycles. The van der Waals surface area contributed by atoms with Crippen molar-refractivity contribution in [2.45, 2.75) is 13.5 Å². The van der Waals surface area contributed by atoms with Gasteiger partial charge in [-0.1, -0.05) is 30.3 Å². The summed E-state index contributed by atoms with van der Waals surface area (Å²) in [6.07, 6.45) is 0. The quantitative estimate of drug-likeness (QED) is 0.428. The Balaban J connectivity index is 1.65. The van der Waals surface area contributed by atoms with Crippen molar-refractivity contribution in [3.63, 3.8) is 0 Å². The summed E-state index contributed by atoms with van der Waals surface area (Å²) in [5, 5.41) is 1.17. The van der Waals surface area contributed by atoms with Crippen molar-refractivity contribution in [1.82, 2.24) is 4.98 Å². The van der Waals surface area contributed by atoms with E-state index in [1.54, 1.807) is 37.3 Å². The number of hydrogen-bond donors (Lipinski definition) is 0. The third kappa shape index (κ3) is 3.69. The molecular weight excluding hydrogens is 393 g/mol. The zero-order valence-electron chi connectivity index (χ0n) is 15.5. The summed E-state index contributed by atoms with van der Waals surface area (Å²) in [5.41, 5.74) is 1.11. The Kier molecular flexibility index (Phi) is 5.22. The van der Waals surface area contributed by atoms with E-state index in [4.69, 9.17) is 9.47 Å². The predicted molar refractivity (Wildman–Crippen MR) is 109 cm³/mol. The van der Waals surface area contributed by atoms with E-state index in [2.05, 4.69) is 4.98 Å². The molecule has 0 spiro atoms. The van der Waals surface area contributed by atoms with Crippen molar-refractivity contribution in [1.29, 1.82) is 0 Å². The van der Waals surface area contributed by atoms with Crippen LogP contribution >= 0.6 is 11.3 Å². The monoisotopic (exact) mass is 409 g/mol. The van der Waals surface area contributed by atoms with Crippen molar-refractivity contribution in [3.05, 3.63) is 76.5 Å². The summed E-state index contributed by atoms with van der Waals surface area (Å²) in [5.74, 6) is -1.70. The molecule has 0 saturated carbocycles. The molecule has 0 fully saturated rings. The van der Waals surface area contributed by atoms with Gasteiger partial charge in [0.05, 0.1) is 12.1 Å². The van der Waals surface area contributed by atoms with E-state index in [0.717, 1.165) is 16.7 Å². The molecule has 146 valence electrons. The number of carbonyl (C=O) groups excluding carboxylic acids is 2. The van der Waals surface area contributed by atoms with Gasteiger partial charge in [-0.2, -0.15) is 0 Å². The molecule has 4 rings (SSSR count). The lowest BCUT2D eigenvalue weighted by molar-refractivity contribution is 0.0449. The lowest BCUT2D eigenvalue weighted by Crippen LogP contribution is -2.10. The van der Waals surface area contributed by atoms with Crippen molar-refractivity contribution < 1.29 is 23.5 Å².